The van der Waals surface area contributed by atoms with Crippen molar-refractivity contribution in [1.82, 2.24) is 19.7 Å². The Morgan fingerprint density at radius 2 is 1.74 bits per heavy atom. The fraction of sp³-hybridized carbons (Fsp3) is 0.643. The lowest BCUT2D eigenvalue weighted by Gasteiger charge is -2.33. The zero-order valence-electron chi connectivity index (χ0n) is 25.1. The number of ether oxygens (including phenoxy) is 3. The monoisotopic (exact) mass is 611 g/mol. The maximum absolute atomic E-state index is 14.1. The Kier molecular flexibility index (Phi) is 9.26. The van der Waals surface area contributed by atoms with E-state index in [1.807, 2.05) is 20.8 Å². The highest BCUT2D eigenvalue weighted by atomic mass is 28.3. The summed E-state index contributed by atoms with van der Waals surface area (Å²) in [7, 11) is -1.39. The lowest BCUT2D eigenvalue weighted by atomic mass is 10.1. The quantitative estimate of drug-likeness (QED) is 0.294. The van der Waals surface area contributed by atoms with Gasteiger partial charge in [-0.25, -0.2) is 14.5 Å². The molecule has 1 amide bonds. The number of fused-ring (bicyclic) bond motifs is 1. The van der Waals surface area contributed by atoms with Crippen LogP contribution in [0.25, 0.3) is 0 Å². The summed E-state index contributed by atoms with van der Waals surface area (Å²) in [5, 5.41) is 4.00. The second-order valence-corrected chi connectivity index (χ2v) is 18.6. The van der Waals surface area contributed by atoms with Gasteiger partial charge in [0.15, 0.2) is 0 Å². The van der Waals surface area contributed by atoms with Crippen LogP contribution in [0, 0.1) is 0 Å². The molecule has 14 heteroatoms. The van der Waals surface area contributed by atoms with E-state index in [0.29, 0.717) is 38.4 Å². The van der Waals surface area contributed by atoms with Gasteiger partial charge in [-0.15, -0.1) is 0 Å². The van der Waals surface area contributed by atoms with Crippen molar-refractivity contribution in [3.8, 4) is 5.88 Å². The maximum atomic E-state index is 14.1. The van der Waals surface area contributed by atoms with Gasteiger partial charge in [-0.3, -0.25) is 4.79 Å². The molecule has 2 aliphatic heterocycles. The molecule has 232 valence electrons. The van der Waals surface area contributed by atoms with E-state index in [9.17, 15) is 22.8 Å². The SMILES string of the molecule is CC(C)(C)OC(=O)N1CCC(Oc2cc3c(cn2)CN(c2cnn(COCC[Si](C)(C)C)c(=O)c2C(F)(F)F)C3)CC1. The number of aromatic nitrogens is 3. The Hall–Kier alpha value is -3.13. The fourth-order valence-corrected chi connectivity index (χ4v) is 5.51. The summed E-state index contributed by atoms with van der Waals surface area (Å²) in [5.74, 6) is 0.367. The Balaban J connectivity index is 1.41. The zero-order valence-corrected chi connectivity index (χ0v) is 26.1. The molecule has 2 aromatic rings. The summed E-state index contributed by atoms with van der Waals surface area (Å²) >= 11 is 0. The smallest absolute Gasteiger partial charge is 0.423 e. The van der Waals surface area contributed by atoms with Crippen LogP contribution in [0.2, 0.25) is 25.7 Å². The highest BCUT2D eigenvalue weighted by Crippen LogP contribution is 2.37. The standard InChI is InChI=1S/C28H40F3N5O5Si/c1-27(2,3)41-26(38)34-9-7-21(8-10-34)40-23-13-19-16-35(17-20(19)14-32-23)22-15-33-36(18-39-11-12-42(4,5)6)25(37)24(22)28(29,30)31/h13-15,21H,7-12,16-18H2,1-6H3. The summed E-state index contributed by atoms with van der Waals surface area (Å²) in [4.78, 5) is 32.7. The molecule has 0 saturated carbocycles. The molecule has 0 N–H and O–H groups in total. The molecule has 0 aromatic carbocycles. The van der Waals surface area contributed by atoms with E-state index in [4.69, 9.17) is 14.2 Å². The van der Waals surface area contributed by atoms with Crippen molar-refractivity contribution in [3.63, 3.8) is 0 Å². The van der Waals surface area contributed by atoms with Crippen LogP contribution in [0.5, 0.6) is 5.88 Å². The highest BCUT2D eigenvalue weighted by molar-refractivity contribution is 6.76. The van der Waals surface area contributed by atoms with Gasteiger partial charge in [0.25, 0.3) is 5.56 Å². The number of likely N-dealkylation sites (tertiary alicyclic amines) is 1. The van der Waals surface area contributed by atoms with Crippen molar-refractivity contribution in [2.75, 3.05) is 24.6 Å². The summed E-state index contributed by atoms with van der Waals surface area (Å²) in [6.45, 7) is 13.2. The first-order valence-electron chi connectivity index (χ1n) is 14.1. The zero-order chi connectivity index (χ0) is 30.9. The Bertz CT molecular complexity index is 1330. The van der Waals surface area contributed by atoms with Crippen LogP contribution in [0.3, 0.4) is 0 Å². The molecule has 4 heterocycles. The third-order valence-electron chi connectivity index (χ3n) is 7.02. The third-order valence-corrected chi connectivity index (χ3v) is 8.72. The number of rotatable bonds is 8. The number of hydrogen-bond acceptors (Lipinski definition) is 8. The van der Waals surface area contributed by atoms with Crippen LogP contribution >= 0.6 is 0 Å². The van der Waals surface area contributed by atoms with Gasteiger partial charge in [-0.1, -0.05) is 19.6 Å². The molecule has 10 nitrogen and oxygen atoms in total. The van der Waals surface area contributed by atoms with E-state index in [-0.39, 0.29) is 37.7 Å². The molecular formula is C28H40F3N5O5Si. The highest BCUT2D eigenvalue weighted by Gasteiger charge is 2.40. The molecular weight excluding hydrogens is 571 g/mol. The lowest BCUT2D eigenvalue weighted by Crippen LogP contribution is -2.44. The second-order valence-electron chi connectivity index (χ2n) is 13.0. The molecule has 2 aliphatic rings. The molecule has 0 atom stereocenters. The van der Waals surface area contributed by atoms with Crippen LogP contribution in [0.4, 0.5) is 23.7 Å². The Morgan fingerprint density at radius 1 is 1.07 bits per heavy atom. The maximum Gasteiger partial charge on any atom is 0.423 e. The summed E-state index contributed by atoms with van der Waals surface area (Å²) in [5.41, 5.74) is -1.84. The first-order chi connectivity index (χ1) is 19.5. The van der Waals surface area contributed by atoms with Crippen molar-refractivity contribution in [2.45, 2.75) is 97.0 Å². The second kappa shape index (κ2) is 12.2. The van der Waals surface area contributed by atoms with E-state index in [1.54, 1.807) is 17.2 Å². The first kappa shape index (κ1) is 31.8. The number of carbonyl (C=O) groups excluding carboxylic acids is 1. The Morgan fingerprint density at radius 3 is 2.36 bits per heavy atom. The van der Waals surface area contributed by atoms with Gasteiger partial charge < -0.3 is 24.0 Å². The molecule has 0 unspecified atom stereocenters. The lowest BCUT2D eigenvalue weighted by molar-refractivity contribution is -0.138. The van der Waals surface area contributed by atoms with Gasteiger partial charge in [0, 0.05) is 66.0 Å². The summed E-state index contributed by atoms with van der Waals surface area (Å²) < 4.78 is 60.1. The van der Waals surface area contributed by atoms with E-state index >= 15 is 0 Å². The molecule has 0 radical (unpaired) electrons. The largest absolute Gasteiger partial charge is 0.474 e. The van der Waals surface area contributed by atoms with Crippen molar-refractivity contribution >= 4 is 19.9 Å². The average Bonchev–Trinajstić information content (AvgIpc) is 3.28. The molecule has 42 heavy (non-hydrogen) atoms. The topological polar surface area (TPSA) is 99.0 Å². The predicted octanol–water partition coefficient (Wildman–Crippen LogP) is 5.27. The van der Waals surface area contributed by atoms with Gasteiger partial charge in [0.1, 0.15) is 24.0 Å². The number of nitrogens with zero attached hydrogens (tertiary/aromatic N) is 5. The Labute approximate surface area is 244 Å². The molecule has 0 aliphatic carbocycles. The van der Waals surface area contributed by atoms with E-state index in [1.165, 1.54) is 4.90 Å². The molecule has 1 fully saturated rings. The van der Waals surface area contributed by atoms with Gasteiger partial charge >= 0.3 is 12.3 Å². The van der Waals surface area contributed by atoms with Crippen LogP contribution in [-0.4, -0.2) is 65.2 Å². The van der Waals surface area contributed by atoms with E-state index in [2.05, 4.69) is 29.7 Å². The molecule has 1 saturated heterocycles. The van der Waals surface area contributed by atoms with E-state index < -0.39 is 31.0 Å². The van der Waals surface area contributed by atoms with Crippen LogP contribution in [0.15, 0.2) is 23.3 Å². The number of pyridine rings is 1. The van der Waals surface area contributed by atoms with Crippen molar-refractivity contribution < 1.29 is 32.2 Å². The van der Waals surface area contributed by atoms with Gasteiger partial charge in [0.2, 0.25) is 5.88 Å². The van der Waals surface area contributed by atoms with E-state index in [0.717, 1.165) is 28.0 Å². The van der Waals surface area contributed by atoms with Crippen LogP contribution in [-0.2, 0) is 35.5 Å². The molecule has 0 bridgehead atoms. The van der Waals surface area contributed by atoms with Gasteiger partial charge in [0.05, 0.1) is 11.9 Å². The number of halogens is 3. The minimum Gasteiger partial charge on any atom is -0.474 e. The fourth-order valence-electron chi connectivity index (χ4n) is 4.76. The third kappa shape index (κ3) is 8.24. The van der Waals surface area contributed by atoms with Gasteiger partial charge in [-0.05, 0) is 37.9 Å². The minimum absolute atomic E-state index is 0.145. The van der Waals surface area contributed by atoms with Crippen LogP contribution < -0.4 is 15.2 Å². The van der Waals surface area contributed by atoms with Crippen molar-refractivity contribution in [2.24, 2.45) is 0 Å². The molecule has 2 aromatic heterocycles. The number of amides is 1. The van der Waals surface area contributed by atoms with Crippen molar-refractivity contribution in [3.05, 3.63) is 45.5 Å². The van der Waals surface area contributed by atoms with Crippen molar-refractivity contribution in [1.29, 1.82) is 0 Å². The average molecular weight is 612 g/mol. The summed E-state index contributed by atoms with van der Waals surface area (Å²) in [6, 6.07) is 2.55. The molecule has 4 rings (SSSR count). The first-order valence-corrected chi connectivity index (χ1v) is 17.8. The number of anilines is 1. The number of alkyl halides is 3. The molecule has 0 spiro atoms. The van der Waals surface area contributed by atoms with Crippen LogP contribution in [0.1, 0.15) is 50.3 Å². The minimum atomic E-state index is -4.87. The number of carbonyl (C=O) groups is 1. The summed E-state index contributed by atoms with van der Waals surface area (Å²) in [6.07, 6.45) is -1.51. The number of piperidine rings is 1. The predicted molar refractivity (Wildman–Crippen MR) is 153 cm³/mol. The van der Waals surface area contributed by atoms with Gasteiger partial charge in [-0.2, -0.15) is 18.3 Å². The normalized spacial score (nSPS) is 16.5. The number of hydrogen-bond donors (Lipinski definition) is 0.